The van der Waals surface area contributed by atoms with E-state index in [1.54, 1.807) is 0 Å². The molecule has 0 aliphatic rings. The van der Waals surface area contributed by atoms with Crippen LogP contribution in [0.3, 0.4) is 0 Å². The van der Waals surface area contributed by atoms with Crippen LogP contribution in [0.4, 0.5) is 0 Å². The van der Waals surface area contributed by atoms with Gasteiger partial charge in [-0.3, -0.25) is 0 Å². The summed E-state index contributed by atoms with van der Waals surface area (Å²) < 4.78 is 2.39. The molecule has 20 heavy (non-hydrogen) atoms. The normalized spacial score (nSPS) is 12.6. The summed E-state index contributed by atoms with van der Waals surface area (Å²) >= 11 is 9.02. The third-order valence-corrected chi connectivity index (χ3v) is 5.62. The minimum absolute atomic E-state index is 0.485. The van der Waals surface area contributed by atoms with Crippen molar-refractivity contribution >= 4 is 43.2 Å². The van der Waals surface area contributed by atoms with Gasteiger partial charge in [-0.2, -0.15) is 0 Å². The first-order valence-corrected chi connectivity index (χ1v) is 9.35. The van der Waals surface area contributed by atoms with E-state index in [1.807, 2.05) is 11.3 Å². The monoisotopic (exact) mass is 415 g/mol. The van der Waals surface area contributed by atoms with Gasteiger partial charge in [-0.25, -0.2) is 0 Å². The zero-order valence-electron chi connectivity index (χ0n) is 11.5. The lowest BCUT2D eigenvalue weighted by Gasteiger charge is -2.18. The highest BCUT2D eigenvalue weighted by atomic mass is 79.9. The minimum atomic E-state index is 0.485. The average molecular weight is 417 g/mol. The Morgan fingerprint density at radius 2 is 2.05 bits per heavy atom. The molecule has 0 saturated carbocycles. The smallest absolute Gasteiger partial charge is 0.0314 e. The second-order valence-corrected chi connectivity index (χ2v) is 7.65. The van der Waals surface area contributed by atoms with E-state index < -0.39 is 0 Å². The quantitative estimate of drug-likeness (QED) is 0.634. The number of hydrogen-bond donors (Lipinski definition) is 1. The molecule has 0 bridgehead atoms. The Morgan fingerprint density at radius 3 is 2.70 bits per heavy atom. The lowest BCUT2D eigenvalue weighted by atomic mass is 10.0. The summed E-state index contributed by atoms with van der Waals surface area (Å²) in [6.07, 6.45) is 3.30. The summed E-state index contributed by atoms with van der Waals surface area (Å²) in [4.78, 5) is 1.42. The van der Waals surface area contributed by atoms with E-state index in [4.69, 9.17) is 0 Å². The Kier molecular flexibility index (Phi) is 6.75. The predicted molar refractivity (Wildman–Crippen MR) is 95.7 cm³/mol. The van der Waals surface area contributed by atoms with Crippen molar-refractivity contribution in [2.45, 2.75) is 32.2 Å². The van der Waals surface area contributed by atoms with Crippen molar-refractivity contribution in [2.24, 2.45) is 0 Å². The second-order valence-electron chi connectivity index (χ2n) is 4.88. The van der Waals surface area contributed by atoms with Gasteiger partial charge in [0.1, 0.15) is 0 Å². The molecule has 4 heteroatoms. The summed E-state index contributed by atoms with van der Waals surface area (Å²) in [6.45, 7) is 3.28. The molecule has 0 aliphatic heterocycles. The fourth-order valence-electron chi connectivity index (χ4n) is 2.21. The number of thiophene rings is 1. The van der Waals surface area contributed by atoms with E-state index in [-0.39, 0.29) is 0 Å². The lowest BCUT2D eigenvalue weighted by molar-refractivity contribution is 0.507. The van der Waals surface area contributed by atoms with Crippen LogP contribution in [0.2, 0.25) is 0 Å². The molecule has 1 aromatic heterocycles. The van der Waals surface area contributed by atoms with E-state index in [0.717, 1.165) is 23.9 Å². The number of halogens is 2. The fourth-order valence-corrected chi connectivity index (χ4v) is 4.25. The van der Waals surface area contributed by atoms with Crippen LogP contribution in [0.1, 0.15) is 23.8 Å². The van der Waals surface area contributed by atoms with Crippen molar-refractivity contribution in [1.29, 1.82) is 0 Å². The van der Waals surface area contributed by atoms with Crippen molar-refractivity contribution in [3.05, 3.63) is 55.1 Å². The standard InChI is InChI=1S/C16H19Br2NS/c1-2-7-19-14(11-16-15(18)6-8-20-16)10-12-4-3-5-13(17)9-12/h3-6,8-9,14,19H,2,7,10-11H2,1H3. The molecule has 1 nitrogen and oxygen atoms in total. The Morgan fingerprint density at radius 1 is 1.20 bits per heavy atom. The molecule has 0 saturated heterocycles. The maximum atomic E-state index is 3.67. The number of benzene rings is 1. The summed E-state index contributed by atoms with van der Waals surface area (Å²) in [5.74, 6) is 0. The molecule has 2 aromatic rings. The molecule has 1 atom stereocenters. The van der Waals surface area contributed by atoms with E-state index in [0.29, 0.717) is 6.04 Å². The van der Waals surface area contributed by atoms with Gasteiger partial charge < -0.3 is 5.32 Å². The number of rotatable bonds is 7. The van der Waals surface area contributed by atoms with Gasteiger partial charge >= 0.3 is 0 Å². The molecule has 108 valence electrons. The maximum absolute atomic E-state index is 3.67. The molecule has 1 N–H and O–H groups in total. The van der Waals surface area contributed by atoms with Gasteiger partial charge in [0.25, 0.3) is 0 Å². The van der Waals surface area contributed by atoms with Crippen LogP contribution in [0.5, 0.6) is 0 Å². The average Bonchev–Trinajstić information content (AvgIpc) is 2.82. The number of nitrogens with one attached hydrogen (secondary N) is 1. The Labute approximate surface area is 142 Å². The molecule has 0 fully saturated rings. The first-order chi connectivity index (χ1) is 9.69. The van der Waals surface area contributed by atoms with Gasteiger partial charge in [-0.05, 0) is 70.9 Å². The fraction of sp³-hybridized carbons (Fsp3) is 0.375. The highest BCUT2D eigenvalue weighted by Gasteiger charge is 2.13. The van der Waals surface area contributed by atoms with Crippen LogP contribution in [-0.4, -0.2) is 12.6 Å². The zero-order valence-corrected chi connectivity index (χ0v) is 15.5. The van der Waals surface area contributed by atoms with Gasteiger partial charge in [0.05, 0.1) is 0 Å². The van der Waals surface area contributed by atoms with Crippen LogP contribution in [-0.2, 0) is 12.8 Å². The van der Waals surface area contributed by atoms with Gasteiger partial charge in [0.2, 0.25) is 0 Å². The zero-order chi connectivity index (χ0) is 14.4. The Bertz CT molecular complexity index is 539. The van der Waals surface area contributed by atoms with Crippen LogP contribution in [0.25, 0.3) is 0 Å². The van der Waals surface area contributed by atoms with Crippen LogP contribution < -0.4 is 5.32 Å². The topological polar surface area (TPSA) is 12.0 Å². The molecular weight excluding hydrogens is 398 g/mol. The first-order valence-electron chi connectivity index (χ1n) is 6.88. The van der Waals surface area contributed by atoms with Crippen molar-refractivity contribution in [3.63, 3.8) is 0 Å². The van der Waals surface area contributed by atoms with Gasteiger partial charge in [-0.15, -0.1) is 11.3 Å². The molecule has 0 radical (unpaired) electrons. The van der Waals surface area contributed by atoms with E-state index in [9.17, 15) is 0 Å². The van der Waals surface area contributed by atoms with Crippen molar-refractivity contribution < 1.29 is 0 Å². The van der Waals surface area contributed by atoms with Crippen molar-refractivity contribution in [2.75, 3.05) is 6.54 Å². The van der Waals surface area contributed by atoms with E-state index in [1.165, 1.54) is 21.3 Å². The highest BCUT2D eigenvalue weighted by molar-refractivity contribution is 9.10. The molecule has 1 heterocycles. The summed E-state index contributed by atoms with van der Waals surface area (Å²) in [5, 5.41) is 5.82. The van der Waals surface area contributed by atoms with Crippen LogP contribution in [0, 0.1) is 0 Å². The summed E-state index contributed by atoms with van der Waals surface area (Å²) in [6, 6.07) is 11.2. The summed E-state index contributed by atoms with van der Waals surface area (Å²) in [7, 11) is 0. The Hall–Kier alpha value is -0.160. The third-order valence-electron chi connectivity index (χ3n) is 3.18. The van der Waals surface area contributed by atoms with Crippen molar-refractivity contribution in [3.8, 4) is 0 Å². The van der Waals surface area contributed by atoms with Crippen LogP contribution in [0.15, 0.2) is 44.7 Å². The van der Waals surface area contributed by atoms with E-state index >= 15 is 0 Å². The SMILES string of the molecule is CCCNC(Cc1cccc(Br)c1)Cc1sccc1Br. The van der Waals surface area contributed by atoms with Gasteiger partial charge in [0.15, 0.2) is 0 Å². The molecule has 0 spiro atoms. The lowest BCUT2D eigenvalue weighted by Crippen LogP contribution is -2.33. The van der Waals surface area contributed by atoms with Gasteiger partial charge in [-0.1, -0.05) is 35.0 Å². The van der Waals surface area contributed by atoms with E-state index in [2.05, 4.69) is 79.8 Å². The first kappa shape index (κ1) is 16.2. The largest absolute Gasteiger partial charge is 0.313 e. The number of hydrogen-bond acceptors (Lipinski definition) is 2. The molecule has 0 aliphatic carbocycles. The maximum Gasteiger partial charge on any atom is 0.0314 e. The van der Waals surface area contributed by atoms with Gasteiger partial charge in [0, 0.05) is 19.9 Å². The van der Waals surface area contributed by atoms with Crippen LogP contribution >= 0.6 is 43.2 Å². The second kappa shape index (κ2) is 8.32. The molecule has 2 rings (SSSR count). The predicted octanol–water partition coefficient (Wildman–Crippen LogP) is 5.43. The third kappa shape index (κ3) is 4.99. The molecule has 1 unspecified atom stereocenters. The van der Waals surface area contributed by atoms with Crippen molar-refractivity contribution in [1.82, 2.24) is 5.32 Å². The highest BCUT2D eigenvalue weighted by Crippen LogP contribution is 2.25. The molecular formula is C16H19Br2NS. The minimum Gasteiger partial charge on any atom is -0.313 e. The Balaban J connectivity index is 2.05. The molecule has 0 amide bonds. The summed E-state index contributed by atoms with van der Waals surface area (Å²) in [5.41, 5.74) is 1.38. The molecule has 1 aromatic carbocycles.